The van der Waals surface area contributed by atoms with E-state index in [9.17, 15) is 24.3 Å². The number of ether oxygens (including phenoxy) is 2. The van der Waals surface area contributed by atoms with Gasteiger partial charge in [0.25, 0.3) is 0 Å². The molecule has 0 aromatic heterocycles. The van der Waals surface area contributed by atoms with Gasteiger partial charge in [-0.1, -0.05) is 102 Å². The van der Waals surface area contributed by atoms with Gasteiger partial charge in [0.05, 0.1) is 25.6 Å². The number of Topliss-reactive ketones (excluding diaryl/α,β-unsaturated/α-hetero) is 1. The lowest BCUT2D eigenvalue weighted by Crippen LogP contribution is -2.56. The average Bonchev–Trinajstić information content (AvgIpc) is 3.44. The molecule has 50 heavy (non-hydrogen) atoms. The summed E-state index contributed by atoms with van der Waals surface area (Å²) in [6.07, 6.45) is 30.4. The maximum Gasteiger partial charge on any atom is 0.306 e. The van der Waals surface area contributed by atoms with Crippen molar-refractivity contribution in [2.75, 3.05) is 13.2 Å². The molecule has 7 nitrogen and oxygen atoms in total. The highest BCUT2D eigenvalue weighted by Crippen LogP contribution is 2.66. The van der Waals surface area contributed by atoms with E-state index in [0.717, 1.165) is 56.9 Å². The van der Waals surface area contributed by atoms with Gasteiger partial charge in [-0.05, 0) is 93.6 Å². The lowest BCUT2D eigenvalue weighted by atomic mass is 9.46. The Labute approximate surface area is 302 Å². The van der Waals surface area contributed by atoms with Crippen LogP contribution < -0.4 is 0 Å². The first kappa shape index (κ1) is 40.2. The van der Waals surface area contributed by atoms with Gasteiger partial charge in [-0.25, -0.2) is 0 Å². The van der Waals surface area contributed by atoms with E-state index in [-0.39, 0.29) is 59.6 Å². The molecule has 0 heterocycles. The predicted octanol–water partition coefficient (Wildman–Crippen LogP) is 9.35. The third-order valence-electron chi connectivity index (χ3n) is 12.7. The van der Waals surface area contributed by atoms with E-state index in [4.69, 9.17) is 9.47 Å². The van der Waals surface area contributed by atoms with Crippen LogP contribution in [0, 0.1) is 34.5 Å². The van der Waals surface area contributed by atoms with Gasteiger partial charge in [-0.15, -0.1) is 0 Å². The summed E-state index contributed by atoms with van der Waals surface area (Å²) in [5.41, 5.74) is 0.429. The van der Waals surface area contributed by atoms with Gasteiger partial charge in [0.15, 0.2) is 11.6 Å². The number of ketones is 2. The fourth-order valence-corrected chi connectivity index (χ4v) is 9.99. The summed E-state index contributed by atoms with van der Waals surface area (Å²) in [4.78, 5) is 50.1. The molecule has 4 aliphatic carbocycles. The molecule has 280 valence electrons. The standard InChI is InChI=1S/C43H66O7/c1-4-5-6-7-8-9-10-11-12-13-14-15-16-17-18-19-28-49-39(47)24-25-40(48)50-31-38(46)36-23-22-35-34-21-20-32-29-33(44)26-27-42(32,2)41(34)37(45)30-43(35,36)3/h11-12,26-27,29,34-37,41,45H,4-10,13-25,28,30-31H2,1-3H3/b12-11-. The van der Waals surface area contributed by atoms with E-state index >= 15 is 0 Å². The summed E-state index contributed by atoms with van der Waals surface area (Å²) in [5.74, 6) is -0.721. The van der Waals surface area contributed by atoms with E-state index < -0.39 is 18.0 Å². The Balaban J connectivity index is 1.04. The van der Waals surface area contributed by atoms with Crippen molar-refractivity contribution in [2.45, 2.75) is 162 Å². The van der Waals surface area contributed by atoms with Crippen LogP contribution >= 0.6 is 0 Å². The zero-order valence-electron chi connectivity index (χ0n) is 31.4. The van der Waals surface area contributed by atoms with E-state index in [1.165, 1.54) is 64.2 Å². The van der Waals surface area contributed by atoms with Crippen LogP contribution in [0.15, 0.2) is 36.0 Å². The summed E-state index contributed by atoms with van der Waals surface area (Å²) < 4.78 is 10.7. The number of carbonyl (C=O) groups excluding carboxylic acids is 4. The second kappa shape index (κ2) is 19.9. The first-order valence-corrected chi connectivity index (χ1v) is 20.2. The second-order valence-electron chi connectivity index (χ2n) is 16.2. The molecule has 0 spiro atoms. The van der Waals surface area contributed by atoms with E-state index in [1.807, 2.05) is 6.08 Å². The topological polar surface area (TPSA) is 107 Å². The van der Waals surface area contributed by atoms with Crippen molar-refractivity contribution in [3.63, 3.8) is 0 Å². The number of fused-ring (bicyclic) bond motifs is 5. The number of hydrogen-bond acceptors (Lipinski definition) is 7. The lowest BCUT2D eigenvalue weighted by Gasteiger charge is -2.58. The Kier molecular flexibility index (Phi) is 16.0. The Morgan fingerprint density at radius 2 is 1.46 bits per heavy atom. The fourth-order valence-electron chi connectivity index (χ4n) is 9.99. The van der Waals surface area contributed by atoms with Crippen LogP contribution in [0.5, 0.6) is 0 Å². The number of rotatable bonds is 22. The molecule has 3 fully saturated rings. The van der Waals surface area contributed by atoms with Crippen LogP contribution in [0.2, 0.25) is 0 Å². The van der Waals surface area contributed by atoms with E-state index in [2.05, 4.69) is 32.9 Å². The van der Waals surface area contributed by atoms with Crippen molar-refractivity contribution in [3.05, 3.63) is 36.0 Å². The zero-order chi connectivity index (χ0) is 36.0. The Hall–Kier alpha value is -2.54. The number of unbranched alkanes of at least 4 members (excludes halogenated alkanes) is 12. The molecule has 0 aromatic carbocycles. The van der Waals surface area contributed by atoms with Crippen molar-refractivity contribution in [1.29, 1.82) is 0 Å². The molecule has 0 aromatic rings. The summed E-state index contributed by atoms with van der Waals surface area (Å²) in [6, 6.07) is 0. The maximum atomic E-state index is 13.4. The van der Waals surface area contributed by atoms with Gasteiger partial charge in [0.1, 0.15) is 6.61 Å². The van der Waals surface area contributed by atoms with Crippen molar-refractivity contribution in [1.82, 2.24) is 0 Å². The maximum absolute atomic E-state index is 13.4. The van der Waals surface area contributed by atoms with Crippen LogP contribution in [0.25, 0.3) is 0 Å². The smallest absolute Gasteiger partial charge is 0.306 e. The predicted molar refractivity (Wildman–Crippen MR) is 197 cm³/mol. The molecule has 3 saturated carbocycles. The monoisotopic (exact) mass is 694 g/mol. The number of hydrogen-bond donors (Lipinski definition) is 1. The normalized spacial score (nSPS) is 30.0. The van der Waals surface area contributed by atoms with Crippen molar-refractivity contribution >= 4 is 23.5 Å². The fraction of sp³-hybridized carbons (Fsp3) is 0.767. The highest BCUT2D eigenvalue weighted by Gasteiger charge is 2.62. The summed E-state index contributed by atoms with van der Waals surface area (Å²) in [7, 11) is 0. The van der Waals surface area contributed by atoms with Crippen LogP contribution in [0.1, 0.15) is 156 Å². The average molecular weight is 695 g/mol. The summed E-state index contributed by atoms with van der Waals surface area (Å²) >= 11 is 0. The Bertz CT molecular complexity index is 1230. The lowest BCUT2D eigenvalue weighted by molar-refractivity contribution is -0.155. The summed E-state index contributed by atoms with van der Waals surface area (Å²) in [6.45, 7) is 6.61. The third kappa shape index (κ3) is 10.7. The molecule has 0 radical (unpaired) electrons. The van der Waals surface area contributed by atoms with Crippen molar-refractivity contribution in [3.8, 4) is 0 Å². The summed E-state index contributed by atoms with van der Waals surface area (Å²) in [5, 5.41) is 11.5. The number of aliphatic hydroxyl groups excluding tert-OH is 1. The van der Waals surface area contributed by atoms with Gasteiger partial charge in [-0.2, -0.15) is 0 Å². The van der Waals surface area contributed by atoms with E-state index in [1.54, 1.807) is 12.2 Å². The number of carbonyl (C=O) groups is 4. The van der Waals surface area contributed by atoms with Gasteiger partial charge in [0, 0.05) is 17.3 Å². The van der Waals surface area contributed by atoms with Gasteiger partial charge in [-0.3, -0.25) is 19.2 Å². The molecular weight excluding hydrogens is 628 g/mol. The number of esters is 2. The van der Waals surface area contributed by atoms with Crippen molar-refractivity contribution < 1.29 is 33.8 Å². The number of allylic oxidation sites excluding steroid dienone is 6. The molecule has 7 atom stereocenters. The largest absolute Gasteiger partial charge is 0.466 e. The highest BCUT2D eigenvalue weighted by molar-refractivity contribution is 6.01. The van der Waals surface area contributed by atoms with Crippen molar-refractivity contribution in [2.24, 2.45) is 34.5 Å². The number of aliphatic hydroxyl groups is 1. The SMILES string of the molecule is CCCCCCCC/C=C\CCCCCCCCOC(=O)CCC(=O)OCC(=O)C1CCC2C3CCC4=CC(=O)C=CC4(C)C3C(O)CC12C. The molecule has 7 unspecified atom stereocenters. The van der Waals surface area contributed by atoms with Crippen LogP contribution in [-0.4, -0.2) is 47.9 Å². The first-order chi connectivity index (χ1) is 24.1. The van der Waals surface area contributed by atoms with Crippen LogP contribution in [-0.2, 0) is 28.7 Å². The first-order valence-electron chi connectivity index (χ1n) is 20.2. The molecular formula is C43H66O7. The van der Waals surface area contributed by atoms with Gasteiger partial charge in [0.2, 0.25) is 0 Å². The molecule has 7 heteroatoms. The minimum absolute atomic E-state index is 0.0214. The zero-order valence-corrected chi connectivity index (χ0v) is 31.4. The molecule has 0 amide bonds. The molecule has 0 bridgehead atoms. The Morgan fingerprint density at radius 3 is 2.14 bits per heavy atom. The Morgan fingerprint density at radius 1 is 0.840 bits per heavy atom. The van der Waals surface area contributed by atoms with Gasteiger partial charge >= 0.3 is 11.9 Å². The van der Waals surface area contributed by atoms with Gasteiger partial charge < -0.3 is 14.6 Å². The quantitative estimate of drug-likeness (QED) is 0.0684. The molecule has 4 rings (SSSR count). The molecule has 1 N–H and O–H groups in total. The van der Waals surface area contributed by atoms with Crippen LogP contribution in [0.4, 0.5) is 0 Å². The molecule has 4 aliphatic rings. The third-order valence-corrected chi connectivity index (χ3v) is 12.7. The molecule has 0 saturated heterocycles. The minimum atomic E-state index is -0.577. The van der Waals surface area contributed by atoms with E-state index in [0.29, 0.717) is 18.9 Å². The minimum Gasteiger partial charge on any atom is -0.466 e. The second-order valence-corrected chi connectivity index (χ2v) is 16.2. The van der Waals surface area contributed by atoms with Crippen LogP contribution in [0.3, 0.4) is 0 Å². The highest BCUT2D eigenvalue weighted by atomic mass is 16.5. The molecule has 0 aliphatic heterocycles.